The highest BCUT2D eigenvalue weighted by molar-refractivity contribution is 9.10. The zero-order valence-corrected chi connectivity index (χ0v) is 14.6. The molecule has 0 aliphatic carbocycles. The second kappa shape index (κ2) is 6.30. The van der Waals surface area contributed by atoms with E-state index in [4.69, 9.17) is 4.74 Å². The van der Waals surface area contributed by atoms with Crippen molar-refractivity contribution in [2.75, 3.05) is 0 Å². The summed E-state index contributed by atoms with van der Waals surface area (Å²) in [5.74, 6) is 1.41. The van der Waals surface area contributed by atoms with Crippen LogP contribution >= 0.6 is 27.3 Å². The van der Waals surface area contributed by atoms with Gasteiger partial charge in [0.2, 0.25) is 5.88 Å². The fourth-order valence-electron chi connectivity index (χ4n) is 2.25. The molecule has 0 unspecified atom stereocenters. The molecular weight excluding hydrogens is 391 g/mol. The fourth-order valence-corrected chi connectivity index (χ4v) is 3.27. The number of aromatic nitrogens is 2. The molecule has 2 aromatic carbocycles. The molecule has 0 saturated heterocycles. The lowest BCUT2D eigenvalue weighted by Crippen LogP contribution is -1.94. The lowest BCUT2D eigenvalue weighted by Gasteiger charge is -2.08. The molecule has 0 spiro atoms. The minimum atomic E-state index is -0.290. The Labute approximate surface area is 149 Å². The van der Waals surface area contributed by atoms with Crippen LogP contribution in [0.3, 0.4) is 0 Å². The number of fused-ring (bicyclic) bond motifs is 1. The van der Waals surface area contributed by atoms with Crippen LogP contribution in [0.2, 0.25) is 0 Å². The summed E-state index contributed by atoms with van der Waals surface area (Å²) < 4.78 is 20.9. The van der Waals surface area contributed by atoms with Crippen molar-refractivity contribution in [2.45, 2.75) is 0 Å². The molecule has 3 nitrogen and oxygen atoms in total. The van der Waals surface area contributed by atoms with Gasteiger partial charge in [-0.05, 0) is 60.0 Å². The van der Waals surface area contributed by atoms with E-state index in [9.17, 15) is 4.39 Å². The molecule has 0 saturated carbocycles. The summed E-state index contributed by atoms with van der Waals surface area (Å²) in [6, 6.07) is 15.6. The van der Waals surface area contributed by atoms with Crippen LogP contribution in [-0.4, -0.2) is 9.97 Å². The summed E-state index contributed by atoms with van der Waals surface area (Å²) in [5.41, 5.74) is 1.55. The standard InChI is InChI=1S/C18H10BrFN2OS/c19-12-3-7-14(8-4-12)23-18-16-15(9-10-24-16)21-17(22-18)11-1-5-13(20)6-2-11/h1-10H. The maximum absolute atomic E-state index is 13.1. The Morgan fingerprint density at radius 3 is 2.42 bits per heavy atom. The van der Waals surface area contributed by atoms with Gasteiger partial charge in [-0.15, -0.1) is 11.3 Å². The first-order chi connectivity index (χ1) is 11.7. The Morgan fingerprint density at radius 1 is 0.917 bits per heavy atom. The number of nitrogens with zero attached hydrogens (tertiary/aromatic N) is 2. The van der Waals surface area contributed by atoms with Gasteiger partial charge in [-0.1, -0.05) is 15.9 Å². The number of rotatable bonds is 3. The maximum atomic E-state index is 13.1. The van der Waals surface area contributed by atoms with Gasteiger partial charge >= 0.3 is 0 Å². The van der Waals surface area contributed by atoms with E-state index in [0.717, 1.165) is 20.3 Å². The van der Waals surface area contributed by atoms with Crippen molar-refractivity contribution in [2.24, 2.45) is 0 Å². The van der Waals surface area contributed by atoms with Gasteiger partial charge in [0.05, 0.1) is 5.52 Å². The fraction of sp³-hybridized carbons (Fsp3) is 0. The quantitative estimate of drug-likeness (QED) is 0.419. The van der Waals surface area contributed by atoms with Crippen LogP contribution in [0.25, 0.3) is 21.6 Å². The monoisotopic (exact) mass is 400 g/mol. The van der Waals surface area contributed by atoms with Crippen molar-refractivity contribution in [3.8, 4) is 23.0 Å². The van der Waals surface area contributed by atoms with E-state index in [1.54, 1.807) is 12.1 Å². The highest BCUT2D eigenvalue weighted by Gasteiger charge is 2.13. The third kappa shape index (κ3) is 3.02. The van der Waals surface area contributed by atoms with Gasteiger partial charge in [0.25, 0.3) is 0 Å². The first-order valence-electron chi connectivity index (χ1n) is 7.14. The Morgan fingerprint density at radius 2 is 1.67 bits per heavy atom. The highest BCUT2D eigenvalue weighted by atomic mass is 79.9. The highest BCUT2D eigenvalue weighted by Crippen LogP contribution is 2.33. The van der Waals surface area contributed by atoms with Crippen molar-refractivity contribution in [1.82, 2.24) is 9.97 Å². The minimum Gasteiger partial charge on any atom is -0.437 e. The molecule has 2 heterocycles. The molecule has 24 heavy (non-hydrogen) atoms. The van der Waals surface area contributed by atoms with E-state index in [1.165, 1.54) is 23.5 Å². The molecule has 0 aliphatic rings. The SMILES string of the molecule is Fc1ccc(-c2nc(Oc3ccc(Br)cc3)c3sccc3n2)cc1. The molecule has 0 amide bonds. The Hall–Kier alpha value is -2.31. The lowest BCUT2D eigenvalue weighted by atomic mass is 10.2. The number of hydrogen-bond acceptors (Lipinski definition) is 4. The van der Waals surface area contributed by atoms with Gasteiger partial charge in [-0.2, -0.15) is 4.98 Å². The molecule has 0 aliphatic heterocycles. The average molecular weight is 401 g/mol. The molecule has 0 N–H and O–H groups in total. The zero-order valence-electron chi connectivity index (χ0n) is 12.2. The van der Waals surface area contributed by atoms with Gasteiger partial charge in [0.1, 0.15) is 16.3 Å². The van der Waals surface area contributed by atoms with Crippen LogP contribution in [0, 0.1) is 5.82 Å². The number of halogens is 2. The van der Waals surface area contributed by atoms with E-state index in [0.29, 0.717) is 17.5 Å². The summed E-state index contributed by atoms with van der Waals surface area (Å²) in [6.45, 7) is 0. The Kier molecular flexibility index (Phi) is 4.00. The van der Waals surface area contributed by atoms with Crippen molar-refractivity contribution in [1.29, 1.82) is 0 Å². The van der Waals surface area contributed by atoms with Crippen LogP contribution in [-0.2, 0) is 0 Å². The van der Waals surface area contributed by atoms with Crippen LogP contribution in [0.15, 0.2) is 64.5 Å². The normalized spacial score (nSPS) is 10.9. The molecule has 118 valence electrons. The summed E-state index contributed by atoms with van der Waals surface area (Å²) in [7, 11) is 0. The van der Waals surface area contributed by atoms with Gasteiger partial charge in [-0.25, -0.2) is 9.37 Å². The van der Waals surface area contributed by atoms with Crippen LogP contribution < -0.4 is 4.74 Å². The molecule has 4 aromatic rings. The Bertz CT molecular complexity index is 1000. The van der Waals surface area contributed by atoms with E-state index < -0.39 is 0 Å². The lowest BCUT2D eigenvalue weighted by molar-refractivity contribution is 0.470. The smallest absolute Gasteiger partial charge is 0.240 e. The first-order valence-corrected chi connectivity index (χ1v) is 8.81. The predicted octanol–water partition coefficient (Wildman–Crippen LogP) is 6.05. The molecule has 0 atom stereocenters. The summed E-state index contributed by atoms with van der Waals surface area (Å²) in [6.07, 6.45) is 0. The maximum Gasteiger partial charge on any atom is 0.240 e. The molecule has 0 radical (unpaired) electrons. The minimum absolute atomic E-state index is 0.290. The van der Waals surface area contributed by atoms with Crippen molar-refractivity contribution in [3.63, 3.8) is 0 Å². The second-order valence-corrected chi connectivity index (χ2v) is 6.88. The number of hydrogen-bond donors (Lipinski definition) is 0. The second-order valence-electron chi connectivity index (χ2n) is 5.05. The largest absolute Gasteiger partial charge is 0.437 e. The molecular formula is C18H10BrFN2OS. The molecule has 4 rings (SSSR count). The molecule has 2 aromatic heterocycles. The average Bonchev–Trinajstić information content (AvgIpc) is 3.06. The number of thiophene rings is 1. The van der Waals surface area contributed by atoms with E-state index in [2.05, 4.69) is 25.9 Å². The van der Waals surface area contributed by atoms with E-state index in [-0.39, 0.29) is 5.82 Å². The van der Waals surface area contributed by atoms with E-state index in [1.807, 2.05) is 35.7 Å². The van der Waals surface area contributed by atoms with Crippen molar-refractivity contribution < 1.29 is 9.13 Å². The summed E-state index contributed by atoms with van der Waals surface area (Å²) >= 11 is 4.93. The number of benzene rings is 2. The van der Waals surface area contributed by atoms with Gasteiger partial charge < -0.3 is 4.74 Å². The topological polar surface area (TPSA) is 35.0 Å². The predicted molar refractivity (Wildman–Crippen MR) is 97.0 cm³/mol. The third-order valence-electron chi connectivity index (χ3n) is 3.40. The molecule has 0 fully saturated rings. The molecule has 6 heteroatoms. The summed E-state index contributed by atoms with van der Waals surface area (Å²) in [5, 5.41) is 1.95. The van der Waals surface area contributed by atoms with E-state index >= 15 is 0 Å². The van der Waals surface area contributed by atoms with Crippen LogP contribution in [0.4, 0.5) is 4.39 Å². The van der Waals surface area contributed by atoms with Crippen molar-refractivity contribution in [3.05, 3.63) is 70.3 Å². The van der Waals surface area contributed by atoms with Gasteiger partial charge in [-0.3, -0.25) is 0 Å². The van der Waals surface area contributed by atoms with Crippen molar-refractivity contribution >= 4 is 37.5 Å². The summed E-state index contributed by atoms with van der Waals surface area (Å²) in [4.78, 5) is 9.07. The first kappa shape index (κ1) is 15.2. The number of ether oxygens (including phenoxy) is 1. The van der Waals surface area contributed by atoms with Gasteiger partial charge in [0.15, 0.2) is 5.82 Å². The Balaban J connectivity index is 1.80. The van der Waals surface area contributed by atoms with Crippen LogP contribution in [0.1, 0.15) is 0 Å². The molecule has 0 bridgehead atoms. The van der Waals surface area contributed by atoms with Crippen LogP contribution in [0.5, 0.6) is 11.6 Å². The third-order valence-corrected chi connectivity index (χ3v) is 4.82. The zero-order chi connectivity index (χ0) is 16.5. The van der Waals surface area contributed by atoms with Gasteiger partial charge in [0, 0.05) is 10.0 Å².